The Morgan fingerprint density at radius 2 is 1.70 bits per heavy atom. The zero-order valence-electron chi connectivity index (χ0n) is 4.63. The monoisotopic (exact) mass is 422 g/mol. The molecule has 0 spiro atoms. The standard InChI is InChI=1S/C4Cl3S.ClH.Hg/c5-2-1-8-4(7)3(2)6;;/h;1H;/q;;+1/p-1. The van der Waals surface area contributed by atoms with Gasteiger partial charge in [-0.2, -0.15) is 0 Å². The van der Waals surface area contributed by atoms with Crippen LogP contribution in [0.5, 0.6) is 0 Å². The van der Waals surface area contributed by atoms with E-state index in [-0.39, 0.29) is 0 Å². The molecular formula is C4Cl4HgS. The molecule has 0 amide bonds. The van der Waals surface area contributed by atoms with E-state index >= 15 is 0 Å². The molecule has 0 N–H and O–H groups in total. The molecule has 0 radical (unpaired) electrons. The summed E-state index contributed by atoms with van der Waals surface area (Å²) in [6, 6.07) is 0. The molecule has 0 atom stereocenters. The van der Waals surface area contributed by atoms with E-state index in [0.29, 0.717) is 14.4 Å². The van der Waals surface area contributed by atoms with Gasteiger partial charge in [-0.15, -0.1) is 0 Å². The number of thiophene rings is 1. The zero-order valence-corrected chi connectivity index (χ0v) is 14.0. The Hall–Kier alpha value is 1.80. The molecule has 0 aliphatic carbocycles. The molecule has 0 bridgehead atoms. The third-order valence-electron chi connectivity index (χ3n) is 0.944. The quantitative estimate of drug-likeness (QED) is 0.607. The van der Waals surface area contributed by atoms with E-state index in [1.807, 2.05) is 0 Å². The summed E-state index contributed by atoms with van der Waals surface area (Å²) in [5.74, 6) is 0. The normalized spacial score (nSPS) is 9.60. The van der Waals surface area contributed by atoms with Gasteiger partial charge in [0.15, 0.2) is 0 Å². The molecule has 0 aliphatic rings. The summed E-state index contributed by atoms with van der Waals surface area (Å²) >= 11 is 17.2. The first kappa shape index (κ1) is 9.88. The predicted octanol–water partition coefficient (Wildman–Crippen LogP) is 3.57. The molecule has 0 aliphatic heterocycles. The van der Waals surface area contributed by atoms with Crippen LogP contribution in [0.2, 0.25) is 14.4 Å². The van der Waals surface area contributed by atoms with Crippen molar-refractivity contribution in [3.05, 3.63) is 14.4 Å². The van der Waals surface area contributed by atoms with E-state index in [9.17, 15) is 0 Å². The van der Waals surface area contributed by atoms with Crippen molar-refractivity contribution < 1.29 is 23.3 Å². The van der Waals surface area contributed by atoms with Crippen LogP contribution >= 0.6 is 54.4 Å². The van der Waals surface area contributed by atoms with Gasteiger partial charge in [-0.05, 0) is 0 Å². The first-order valence-corrected chi connectivity index (χ1v) is 13.8. The van der Waals surface area contributed by atoms with Crippen molar-refractivity contribution in [2.45, 2.75) is 0 Å². The Balaban J connectivity index is 3.17. The van der Waals surface area contributed by atoms with Crippen molar-refractivity contribution >= 4 is 56.8 Å². The maximum atomic E-state index is 5.78. The average molecular weight is 423 g/mol. The van der Waals surface area contributed by atoms with E-state index in [0.717, 1.165) is 2.39 Å². The Kier molecular flexibility index (Phi) is 4.10. The van der Waals surface area contributed by atoms with Crippen LogP contribution < -0.4 is 2.39 Å². The third kappa shape index (κ3) is 1.93. The van der Waals surface area contributed by atoms with E-state index in [1.165, 1.54) is 11.3 Å². The topological polar surface area (TPSA) is 0 Å². The molecule has 0 aromatic carbocycles. The van der Waals surface area contributed by atoms with Crippen LogP contribution in [-0.4, -0.2) is 0 Å². The molecule has 1 aromatic heterocycles. The number of halogens is 4. The van der Waals surface area contributed by atoms with Gasteiger partial charge < -0.3 is 0 Å². The second-order valence-corrected chi connectivity index (χ2v) is 12.1. The summed E-state index contributed by atoms with van der Waals surface area (Å²) < 4.78 is 1.60. The van der Waals surface area contributed by atoms with Crippen LogP contribution in [0.15, 0.2) is 0 Å². The molecule has 0 saturated heterocycles. The summed E-state index contributed by atoms with van der Waals surface area (Å²) in [6.07, 6.45) is 0. The van der Waals surface area contributed by atoms with Gasteiger partial charge in [-0.1, -0.05) is 0 Å². The molecule has 0 nitrogen and oxygen atoms in total. The summed E-state index contributed by atoms with van der Waals surface area (Å²) in [5, 5.41) is 1.04. The third-order valence-corrected chi connectivity index (χ3v) is 13.3. The predicted molar refractivity (Wildman–Crippen MR) is 44.8 cm³/mol. The molecule has 1 heterocycles. The summed E-state index contributed by atoms with van der Waals surface area (Å²) in [7, 11) is 5.75. The van der Waals surface area contributed by atoms with Crippen LogP contribution in [0.1, 0.15) is 0 Å². The van der Waals surface area contributed by atoms with Gasteiger partial charge in [-0.25, -0.2) is 0 Å². The fourth-order valence-corrected chi connectivity index (χ4v) is 10.9. The zero-order chi connectivity index (χ0) is 7.72. The SMILES string of the molecule is [Cl][Hg][c]1sc(Cl)c(Cl)c1Cl. The van der Waals surface area contributed by atoms with E-state index in [1.54, 1.807) is 0 Å². The molecular weight excluding hydrogens is 423 g/mol. The van der Waals surface area contributed by atoms with Crippen molar-refractivity contribution in [3.8, 4) is 0 Å². The molecule has 0 saturated carbocycles. The van der Waals surface area contributed by atoms with Gasteiger partial charge in [0.25, 0.3) is 0 Å². The molecule has 1 rings (SSSR count). The van der Waals surface area contributed by atoms with E-state index < -0.39 is 23.3 Å². The van der Waals surface area contributed by atoms with Crippen molar-refractivity contribution in [3.63, 3.8) is 0 Å². The molecule has 10 heavy (non-hydrogen) atoms. The summed E-state index contributed by atoms with van der Waals surface area (Å²) in [4.78, 5) is 0. The van der Waals surface area contributed by atoms with Gasteiger partial charge in [0.05, 0.1) is 0 Å². The Morgan fingerprint density at radius 1 is 1.10 bits per heavy atom. The minimum absolute atomic E-state index is 0.462. The number of hydrogen-bond donors (Lipinski definition) is 0. The Labute approximate surface area is 93.3 Å². The van der Waals surface area contributed by atoms with Gasteiger partial charge in [0, 0.05) is 0 Å². The van der Waals surface area contributed by atoms with Gasteiger partial charge >= 0.3 is 94.5 Å². The van der Waals surface area contributed by atoms with Crippen LogP contribution in [0.3, 0.4) is 0 Å². The van der Waals surface area contributed by atoms with Gasteiger partial charge in [-0.3, -0.25) is 0 Å². The molecule has 1 aromatic rings. The van der Waals surface area contributed by atoms with Crippen molar-refractivity contribution in [1.29, 1.82) is 0 Å². The molecule has 0 unspecified atom stereocenters. The summed E-state index contributed by atoms with van der Waals surface area (Å²) in [6.45, 7) is 0. The molecule has 52 valence electrons. The minimum atomic E-state index is -1.41. The van der Waals surface area contributed by atoms with Crippen molar-refractivity contribution in [2.24, 2.45) is 0 Å². The maximum absolute atomic E-state index is 5.78. The van der Waals surface area contributed by atoms with Crippen LogP contribution in [0.4, 0.5) is 0 Å². The van der Waals surface area contributed by atoms with Crippen molar-refractivity contribution in [1.82, 2.24) is 0 Å². The number of hydrogen-bond acceptors (Lipinski definition) is 1. The Morgan fingerprint density at radius 3 is 1.90 bits per heavy atom. The first-order chi connectivity index (χ1) is 4.66. The van der Waals surface area contributed by atoms with Crippen LogP contribution in [0, 0.1) is 0 Å². The average Bonchev–Trinajstić information content (AvgIpc) is 2.17. The Bertz CT molecular complexity index is 246. The van der Waals surface area contributed by atoms with Crippen LogP contribution in [0.25, 0.3) is 0 Å². The van der Waals surface area contributed by atoms with Gasteiger partial charge in [0.2, 0.25) is 0 Å². The second-order valence-electron chi connectivity index (χ2n) is 1.56. The second kappa shape index (κ2) is 4.15. The van der Waals surface area contributed by atoms with E-state index in [2.05, 4.69) is 0 Å². The van der Waals surface area contributed by atoms with Crippen molar-refractivity contribution in [2.75, 3.05) is 0 Å². The first-order valence-electron chi connectivity index (χ1n) is 2.35. The summed E-state index contributed by atoms with van der Waals surface area (Å²) in [5.41, 5.74) is 0. The molecule has 6 heteroatoms. The van der Waals surface area contributed by atoms with E-state index in [4.69, 9.17) is 43.1 Å². The van der Waals surface area contributed by atoms with Crippen LogP contribution in [-0.2, 0) is 23.3 Å². The fraction of sp³-hybridized carbons (Fsp3) is 0. The molecule has 0 fully saturated rings. The fourth-order valence-electron chi connectivity index (χ4n) is 0.492. The van der Waals surface area contributed by atoms with Gasteiger partial charge in [0.1, 0.15) is 0 Å². The number of rotatable bonds is 1.